The highest BCUT2D eigenvalue weighted by Gasteiger charge is 2.18. The van der Waals surface area contributed by atoms with Crippen molar-refractivity contribution in [3.8, 4) is 0 Å². The predicted octanol–water partition coefficient (Wildman–Crippen LogP) is 2.53. The molecule has 0 fully saturated rings. The minimum absolute atomic E-state index is 0.0298. The molecule has 0 radical (unpaired) electrons. The van der Waals surface area contributed by atoms with Crippen molar-refractivity contribution in [1.29, 1.82) is 0 Å². The van der Waals surface area contributed by atoms with E-state index in [0.717, 1.165) is 25.7 Å². The van der Waals surface area contributed by atoms with Crippen molar-refractivity contribution in [2.75, 3.05) is 13.1 Å². The van der Waals surface area contributed by atoms with Crippen LogP contribution in [0.2, 0.25) is 0 Å². The Morgan fingerprint density at radius 2 is 1.88 bits per heavy atom. The zero-order valence-electron chi connectivity index (χ0n) is 11.2. The van der Waals surface area contributed by atoms with Gasteiger partial charge in [-0.2, -0.15) is 0 Å². The highest BCUT2D eigenvalue weighted by atomic mass is 16.4. The zero-order valence-corrected chi connectivity index (χ0v) is 11.2. The van der Waals surface area contributed by atoms with Gasteiger partial charge in [-0.15, -0.1) is 0 Å². The number of hydrogen-bond acceptors (Lipinski definition) is 2. The molecule has 0 aliphatic heterocycles. The van der Waals surface area contributed by atoms with Crippen LogP contribution in [-0.2, 0) is 9.59 Å². The molecule has 0 rings (SSSR count). The lowest BCUT2D eigenvalue weighted by molar-refractivity contribution is -0.144. The fraction of sp³-hybridized carbons (Fsp3) is 0.846. The molecule has 100 valence electrons. The number of amides is 1. The number of unbranched alkanes of at least 4 members (excludes halogenated alkanes) is 1. The molecule has 1 N–H and O–H groups in total. The van der Waals surface area contributed by atoms with Crippen LogP contribution in [0, 0.1) is 5.92 Å². The maximum atomic E-state index is 11.9. The molecule has 17 heavy (non-hydrogen) atoms. The molecule has 4 nitrogen and oxygen atoms in total. The van der Waals surface area contributed by atoms with E-state index in [2.05, 4.69) is 13.8 Å². The van der Waals surface area contributed by atoms with Gasteiger partial charge in [0.1, 0.15) is 6.54 Å². The second-order valence-corrected chi connectivity index (χ2v) is 4.42. The second-order valence-electron chi connectivity index (χ2n) is 4.42. The summed E-state index contributed by atoms with van der Waals surface area (Å²) in [5.74, 6) is -0.579. The Bertz CT molecular complexity index is 241. The summed E-state index contributed by atoms with van der Waals surface area (Å²) in [5.41, 5.74) is 0. The van der Waals surface area contributed by atoms with Gasteiger partial charge in [0, 0.05) is 13.0 Å². The van der Waals surface area contributed by atoms with Crippen molar-refractivity contribution in [3.05, 3.63) is 0 Å². The molecule has 0 saturated carbocycles. The molecular formula is C13H25NO3. The van der Waals surface area contributed by atoms with E-state index in [-0.39, 0.29) is 12.5 Å². The van der Waals surface area contributed by atoms with Crippen molar-refractivity contribution in [3.63, 3.8) is 0 Å². The van der Waals surface area contributed by atoms with Crippen molar-refractivity contribution >= 4 is 11.9 Å². The first-order valence-corrected chi connectivity index (χ1v) is 6.54. The van der Waals surface area contributed by atoms with Crippen LogP contribution in [0.5, 0.6) is 0 Å². The fourth-order valence-electron chi connectivity index (χ4n) is 1.86. The van der Waals surface area contributed by atoms with E-state index < -0.39 is 5.97 Å². The summed E-state index contributed by atoms with van der Waals surface area (Å²) in [6.45, 7) is 6.32. The number of hydrogen-bond donors (Lipinski definition) is 1. The summed E-state index contributed by atoms with van der Waals surface area (Å²) >= 11 is 0. The largest absolute Gasteiger partial charge is 0.480 e. The van der Waals surface area contributed by atoms with Crippen molar-refractivity contribution in [2.24, 2.45) is 5.92 Å². The predicted molar refractivity (Wildman–Crippen MR) is 67.8 cm³/mol. The first-order chi connectivity index (χ1) is 8.04. The smallest absolute Gasteiger partial charge is 0.323 e. The minimum atomic E-state index is -0.943. The van der Waals surface area contributed by atoms with E-state index in [4.69, 9.17) is 5.11 Å². The SMILES string of the molecule is CCCCC(CC)CC(=O)N(CC)CC(=O)O. The van der Waals surface area contributed by atoms with Crippen molar-refractivity contribution < 1.29 is 14.7 Å². The Morgan fingerprint density at radius 1 is 1.24 bits per heavy atom. The van der Waals surface area contributed by atoms with Gasteiger partial charge in [-0.05, 0) is 19.3 Å². The molecule has 0 aromatic carbocycles. The van der Waals surface area contributed by atoms with Gasteiger partial charge in [-0.1, -0.05) is 33.1 Å². The standard InChI is InChI=1S/C13H25NO3/c1-4-7-8-11(5-2)9-12(15)14(6-3)10-13(16)17/h11H,4-10H2,1-3H3,(H,16,17). The molecule has 0 spiro atoms. The Morgan fingerprint density at radius 3 is 2.29 bits per heavy atom. The summed E-state index contributed by atoms with van der Waals surface area (Å²) in [4.78, 5) is 23.9. The Balaban J connectivity index is 4.21. The number of likely N-dealkylation sites (N-methyl/N-ethyl adjacent to an activating group) is 1. The van der Waals surface area contributed by atoms with E-state index in [1.807, 2.05) is 6.92 Å². The number of aliphatic carboxylic acids is 1. The van der Waals surface area contributed by atoms with E-state index in [9.17, 15) is 9.59 Å². The molecule has 0 aliphatic carbocycles. The topological polar surface area (TPSA) is 57.6 Å². The van der Waals surface area contributed by atoms with E-state index in [1.165, 1.54) is 4.90 Å². The maximum absolute atomic E-state index is 11.9. The molecule has 0 heterocycles. The number of carboxylic acids is 1. The van der Waals surface area contributed by atoms with Gasteiger partial charge in [0.2, 0.25) is 5.91 Å². The van der Waals surface area contributed by atoms with Gasteiger partial charge in [0.05, 0.1) is 0 Å². The fourth-order valence-corrected chi connectivity index (χ4v) is 1.86. The lowest BCUT2D eigenvalue weighted by Crippen LogP contribution is -2.36. The van der Waals surface area contributed by atoms with Crippen LogP contribution in [-0.4, -0.2) is 35.0 Å². The molecule has 4 heteroatoms. The van der Waals surface area contributed by atoms with Gasteiger partial charge < -0.3 is 10.0 Å². The van der Waals surface area contributed by atoms with Crippen LogP contribution in [0.4, 0.5) is 0 Å². The van der Waals surface area contributed by atoms with Crippen LogP contribution < -0.4 is 0 Å². The van der Waals surface area contributed by atoms with Crippen LogP contribution in [0.15, 0.2) is 0 Å². The maximum Gasteiger partial charge on any atom is 0.323 e. The number of carboxylic acid groups (broad SMARTS) is 1. The minimum Gasteiger partial charge on any atom is -0.480 e. The third-order valence-corrected chi connectivity index (χ3v) is 3.07. The van der Waals surface area contributed by atoms with E-state index >= 15 is 0 Å². The highest BCUT2D eigenvalue weighted by Crippen LogP contribution is 2.17. The average molecular weight is 243 g/mol. The van der Waals surface area contributed by atoms with Gasteiger partial charge in [0.15, 0.2) is 0 Å². The lowest BCUT2D eigenvalue weighted by Gasteiger charge is -2.21. The molecule has 1 unspecified atom stereocenters. The molecule has 0 aromatic rings. The molecule has 1 amide bonds. The molecule has 0 bridgehead atoms. The Labute approximate surface area is 104 Å². The second kappa shape index (κ2) is 9.02. The Hall–Kier alpha value is -1.06. The molecule has 1 atom stereocenters. The van der Waals surface area contributed by atoms with E-state index in [0.29, 0.717) is 18.9 Å². The van der Waals surface area contributed by atoms with Gasteiger partial charge in [0.25, 0.3) is 0 Å². The van der Waals surface area contributed by atoms with Crippen LogP contribution in [0.25, 0.3) is 0 Å². The average Bonchev–Trinajstić information content (AvgIpc) is 2.30. The number of rotatable bonds is 9. The summed E-state index contributed by atoms with van der Waals surface area (Å²) in [7, 11) is 0. The quantitative estimate of drug-likeness (QED) is 0.677. The number of carbonyl (C=O) groups is 2. The molecular weight excluding hydrogens is 218 g/mol. The molecule has 0 aliphatic rings. The third-order valence-electron chi connectivity index (χ3n) is 3.07. The van der Waals surface area contributed by atoms with Gasteiger partial charge in [-0.3, -0.25) is 9.59 Å². The first-order valence-electron chi connectivity index (χ1n) is 6.54. The van der Waals surface area contributed by atoms with Gasteiger partial charge in [-0.25, -0.2) is 0 Å². The summed E-state index contributed by atoms with van der Waals surface area (Å²) in [6, 6.07) is 0. The zero-order chi connectivity index (χ0) is 13.3. The highest BCUT2D eigenvalue weighted by molar-refractivity contribution is 5.81. The van der Waals surface area contributed by atoms with Gasteiger partial charge >= 0.3 is 5.97 Å². The normalized spacial score (nSPS) is 12.2. The monoisotopic (exact) mass is 243 g/mol. The summed E-state index contributed by atoms with van der Waals surface area (Å²) in [5, 5.41) is 8.70. The Kier molecular flexibility index (Phi) is 8.46. The third kappa shape index (κ3) is 6.97. The molecule has 0 saturated heterocycles. The van der Waals surface area contributed by atoms with Crippen LogP contribution in [0.1, 0.15) is 52.9 Å². The number of nitrogens with zero attached hydrogens (tertiary/aromatic N) is 1. The number of carbonyl (C=O) groups excluding carboxylic acids is 1. The lowest BCUT2D eigenvalue weighted by atomic mass is 9.95. The first kappa shape index (κ1) is 15.9. The summed E-state index contributed by atoms with van der Waals surface area (Å²) in [6.07, 6.45) is 4.80. The summed E-state index contributed by atoms with van der Waals surface area (Å²) < 4.78 is 0. The van der Waals surface area contributed by atoms with E-state index in [1.54, 1.807) is 0 Å². The van der Waals surface area contributed by atoms with Crippen LogP contribution >= 0.6 is 0 Å². The van der Waals surface area contributed by atoms with Crippen molar-refractivity contribution in [1.82, 2.24) is 4.90 Å². The van der Waals surface area contributed by atoms with Crippen LogP contribution in [0.3, 0.4) is 0 Å². The molecule has 0 aromatic heterocycles. The van der Waals surface area contributed by atoms with Crippen molar-refractivity contribution in [2.45, 2.75) is 52.9 Å².